The van der Waals surface area contributed by atoms with Crippen molar-refractivity contribution in [2.45, 2.75) is 25.6 Å². The summed E-state index contributed by atoms with van der Waals surface area (Å²) in [6.45, 7) is 1.91. The molecule has 0 bridgehead atoms. The fourth-order valence-electron chi connectivity index (χ4n) is 4.58. The average Bonchev–Trinajstić information content (AvgIpc) is 2.88. The van der Waals surface area contributed by atoms with E-state index in [1.54, 1.807) is 12.3 Å². The first kappa shape index (κ1) is 24.8. The zero-order valence-corrected chi connectivity index (χ0v) is 20.7. The van der Waals surface area contributed by atoms with Crippen molar-refractivity contribution in [1.82, 2.24) is 4.98 Å². The predicted octanol–water partition coefficient (Wildman–Crippen LogP) is 9.30. The maximum Gasteiger partial charge on any atom is 0.418 e. The number of benzene rings is 4. The van der Waals surface area contributed by atoms with E-state index in [0.29, 0.717) is 28.1 Å². The Balaban J connectivity index is 1.63. The molecule has 0 saturated heterocycles. The van der Waals surface area contributed by atoms with Gasteiger partial charge in [0.2, 0.25) is 0 Å². The van der Waals surface area contributed by atoms with Gasteiger partial charge in [-0.3, -0.25) is 4.98 Å². The Morgan fingerprint density at radius 2 is 1.59 bits per heavy atom. The van der Waals surface area contributed by atoms with Crippen LogP contribution in [0.5, 0.6) is 5.75 Å². The fraction of sp³-hybridized carbons (Fsp3) is 0.129. The monoisotopic (exact) mass is 517 g/mol. The summed E-state index contributed by atoms with van der Waals surface area (Å²) in [6.07, 6.45) is -2.75. The molecule has 186 valence electrons. The molecule has 0 aliphatic rings. The van der Waals surface area contributed by atoms with Gasteiger partial charge in [0, 0.05) is 22.2 Å². The Morgan fingerprint density at radius 3 is 2.35 bits per heavy atom. The van der Waals surface area contributed by atoms with E-state index in [2.05, 4.69) is 4.98 Å². The first-order chi connectivity index (χ1) is 17.8. The summed E-state index contributed by atoms with van der Waals surface area (Å²) in [4.78, 5) is 4.28. The minimum Gasteiger partial charge on any atom is -0.486 e. The first-order valence-electron chi connectivity index (χ1n) is 11.8. The number of ether oxygens (including phenoxy) is 1. The van der Waals surface area contributed by atoms with Gasteiger partial charge in [-0.15, -0.1) is 0 Å². The smallest absolute Gasteiger partial charge is 0.418 e. The highest BCUT2D eigenvalue weighted by atomic mass is 35.5. The Bertz CT molecular complexity index is 1550. The minimum atomic E-state index is -4.51. The van der Waals surface area contributed by atoms with Gasteiger partial charge in [-0.1, -0.05) is 84.4 Å². The minimum absolute atomic E-state index is 0.0717. The van der Waals surface area contributed by atoms with Crippen LogP contribution in [0.1, 0.15) is 35.3 Å². The zero-order valence-electron chi connectivity index (χ0n) is 20.0. The quantitative estimate of drug-likeness (QED) is 0.224. The summed E-state index contributed by atoms with van der Waals surface area (Å²) in [5.74, 6) is 0.590. The Kier molecular flexibility index (Phi) is 6.90. The van der Waals surface area contributed by atoms with E-state index in [1.165, 1.54) is 6.07 Å². The molecular weight excluding hydrogens is 495 g/mol. The molecule has 2 nitrogen and oxygen atoms in total. The van der Waals surface area contributed by atoms with E-state index < -0.39 is 11.7 Å². The molecule has 1 unspecified atom stereocenters. The van der Waals surface area contributed by atoms with Crippen LogP contribution in [0.15, 0.2) is 103 Å². The van der Waals surface area contributed by atoms with E-state index in [-0.39, 0.29) is 11.6 Å². The molecule has 0 saturated carbocycles. The van der Waals surface area contributed by atoms with Gasteiger partial charge in [-0.05, 0) is 59.9 Å². The van der Waals surface area contributed by atoms with Gasteiger partial charge in [0.15, 0.2) is 0 Å². The maximum atomic E-state index is 13.8. The van der Waals surface area contributed by atoms with Crippen LogP contribution < -0.4 is 4.74 Å². The third kappa shape index (κ3) is 5.32. The normalized spacial score (nSPS) is 12.5. The molecule has 0 spiro atoms. The highest BCUT2D eigenvalue weighted by molar-refractivity contribution is 6.31. The second-order valence-electron chi connectivity index (χ2n) is 8.83. The molecular formula is C31H23ClF3NO. The summed E-state index contributed by atoms with van der Waals surface area (Å²) in [5, 5.41) is 1.05. The van der Waals surface area contributed by atoms with Crippen molar-refractivity contribution in [2.24, 2.45) is 0 Å². The number of alkyl halides is 3. The van der Waals surface area contributed by atoms with Crippen molar-refractivity contribution < 1.29 is 17.9 Å². The largest absolute Gasteiger partial charge is 0.486 e. The van der Waals surface area contributed by atoms with Crippen molar-refractivity contribution in [3.8, 4) is 16.9 Å². The molecule has 5 aromatic rings. The van der Waals surface area contributed by atoms with E-state index >= 15 is 0 Å². The van der Waals surface area contributed by atoms with Crippen LogP contribution in [0.3, 0.4) is 0 Å². The number of hydrogen-bond acceptors (Lipinski definition) is 2. The second-order valence-corrected chi connectivity index (χ2v) is 9.24. The van der Waals surface area contributed by atoms with Gasteiger partial charge in [0.1, 0.15) is 11.9 Å². The van der Waals surface area contributed by atoms with Crippen LogP contribution in [0.4, 0.5) is 13.2 Å². The number of hydrogen-bond donors (Lipinski definition) is 0. The fourth-order valence-corrected chi connectivity index (χ4v) is 4.87. The molecule has 37 heavy (non-hydrogen) atoms. The number of para-hydroxylation sites is 1. The number of aromatic nitrogens is 1. The summed E-state index contributed by atoms with van der Waals surface area (Å²) >= 11 is 6.35. The van der Waals surface area contributed by atoms with E-state index in [1.807, 2.05) is 85.8 Å². The molecule has 1 heterocycles. The molecule has 6 heteroatoms. The molecule has 0 aliphatic carbocycles. The van der Waals surface area contributed by atoms with Gasteiger partial charge in [-0.25, -0.2) is 0 Å². The van der Waals surface area contributed by atoms with Gasteiger partial charge < -0.3 is 4.74 Å². The van der Waals surface area contributed by atoms with Crippen molar-refractivity contribution in [3.05, 3.63) is 131 Å². The number of fused-ring (bicyclic) bond motifs is 1. The summed E-state index contributed by atoms with van der Waals surface area (Å²) in [6, 6.07) is 28.9. The summed E-state index contributed by atoms with van der Waals surface area (Å²) in [7, 11) is 0. The van der Waals surface area contributed by atoms with Crippen molar-refractivity contribution >= 4 is 22.5 Å². The van der Waals surface area contributed by atoms with Gasteiger partial charge >= 0.3 is 6.18 Å². The molecule has 0 N–H and O–H groups in total. The lowest BCUT2D eigenvalue weighted by Gasteiger charge is -2.19. The van der Waals surface area contributed by atoms with E-state index in [0.717, 1.165) is 28.3 Å². The standard InChI is InChI=1S/C31H23ClF3NO/c1-20(25-13-5-6-16-28(25)32)37-24-12-7-11-22(18-24)29-23(17-21-9-3-2-4-10-21)19-36-30-26(29)14-8-15-27(30)31(33,34)35/h2-16,18-20H,17H2,1H3. The Labute approximate surface area is 218 Å². The second kappa shape index (κ2) is 10.3. The molecule has 1 aromatic heterocycles. The molecule has 4 aromatic carbocycles. The van der Waals surface area contributed by atoms with E-state index in [9.17, 15) is 13.2 Å². The Hall–Kier alpha value is -3.83. The highest BCUT2D eigenvalue weighted by Crippen LogP contribution is 2.40. The van der Waals surface area contributed by atoms with Crippen LogP contribution in [0, 0.1) is 0 Å². The molecule has 0 radical (unpaired) electrons. The van der Waals surface area contributed by atoms with E-state index in [4.69, 9.17) is 16.3 Å². The molecule has 0 amide bonds. The molecule has 1 atom stereocenters. The lowest BCUT2D eigenvalue weighted by atomic mass is 9.91. The third-order valence-electron chi connectivity index (χ3n) is 6.30. The van der Waals surface area contributed by atoms with Gasteiger partial charge in [0.05, 0.1) is 11.1 Å². The van der Waals surface area contributed by atoms with Crippen LogP contribution in [0.25, 0.3) is 22.0 Å². The van der Waals surface area contributed by atoms with Crippen LogP contribution in [-0.2, 0) is 12.6 Å². The SMILES string of the molecule is CC(Oc1cccc(-c2c(Cc3ccccc3)cnc3c(C(F)(F)F)cccc23)c1)c1ccccc1Cl. The molecule has 5 rings (SSSR count). The maximum absolute atomic E-state index is 13.8. The van der Waals surface area contributed by atoms with Gasteiger partial charge in [0.25, 0.3) is 0 Å². The van der Waals surface area contributed by atoms with Crippen LogP contribution >= 0.6 is 11.6 Å². The molecule has 0 aliphatic heterocycles. The summed E-state index contributed by atoms with van der Waals surface area (Å²) in [5.41, 5.74) is 3.35. The van der Waals surface area contributed by atoms with Crippen LogP contribution in [0.2, 0.25) is 5.02 Å². The zero-order chi connectivity index (χ0) is 26.0. The predicted molar refractivity (Wildman–Crippen MR) is 142 cm³/mol. The third-order valence-corrected chi connectivity index (χ3v) is 6.64. The highest BCUT2D eigenvalue weighted by Gasteiger charge is 2.33. The van der Waals surface area contributed by atoms with Crippen molar-refractivity contribution in [2.75, 3.05) is 0 Å². The number of halogens is 4. The summed E-state index contributed by atoms with van der Waals surface area (Å²) < 4.78 is 47.7. The topological polar surface area (TPSA) is 22.1 Å². The van der Waals surface area contributed by atoms with Gasteiger partial charge in [-0.2, -0.15) is 13.2 Å². The number of nitrogens with zero attached hydrogens (tertiary/aromatic N) is 1. The van der Waals surface area contributed by atoms with Crippen molar-refractivity contribution in [3.63, 3.8) is 0 Å². The molecule has 0 fully saturated rings. The lowest BCUT2D eigenvalue weighted by Crippen LogP contribution is -2.07. The van der Waals surface area contributed by atoms with Crippen LogP contribution in [-0.4, -0.2) is 4.98 Å². The lowest BCUT2D eigenvalue weighted by molar-refractivity contribution is -0.136. The Morgan fingerprint density at radius 1 is 0.865 bits per heavy atom. The van der Waals surface area contributed by atoms with Crippen molar-refractivity contribution in [1.29, 1.82) is 0 Å². The number of rotatable bonds is 6. The number of pyridine rings is 1. The average molecular weight is 518 g/mol. The first-order valence-corrected chi connectivity index (χ1v) is 12.2.